The van der Waals surface area contributed by atoms with E-state index in [1.165, 1.54) is 4.88 Å². The lowest BCUT2D eigenvalue weighted by atomic mass is 10.1. The molecule has 4 heteroatoms. The zero-order valence-electron chi connectivity index (χ0n) is 14.0. The van der Waals surface area contributed by atoms with Crippen molar-refractivity contribution in [2.24, 2.45) is 0 Å². The van der Waals surface area contributed by atoms with Gasteiger partial charge in [0.1, 0.15) is 0 Å². The first-order chi connectivity index (χ1) is 11.7. The van der Waals surface area contributed by atoms with Gasteiger partial charge in [0.15, 0.2) is 0 Å². The molecule has 1 aromatic heterocycles. The Hall–Kier alpha value is -2.17. The van der Waals surface area contributed by atoms with Crippen molar-refractivity contribution in [1.29, 1.82) is 0 Å². The first-order valence-electron chi connectivity index (χ1n) is 8.24. The van der Waals surface area contributed by atoms with Crippen LogP contribution in [0.25, 0.3) is 10.8 Å². The third-order valence-electron chi connectivity index (χ3n) is 4.32. The van der Waals surface area contributed by atoms with Crippen molar-refractivity contribution < 1.29 is 4.79 Å². The van der Waals surface area contributed by atoms with Crippen molar-refractivity contribution in [2.45, 2.75) is 26.4 Å². The molecule has 3 aromatic rings. The summed E-state index contributed by atoms with van der Waals surface area (Å²) < 4.78 is 0. The van der Waals surface area contributed by atoms with Gasteiger partial charge in [0.05, 0.1) is 6.04 Å². The summed E-state index contributed by atoms with van der Waals surface area (Å²) in [5.74, 6) is 0.0322. The van der Waals surface area contributed by atoms with Gasteiger partial charge in [-0.25, -0.2) is 0 Å². The number of carbonyl (C=O) groups excluding carboxylic acids is 1. The quantitative estimate of drug-likeness (QED) is 0.703. The molecule has 0 radical (unpaired) electrons. The molecule has 0 aliphatic heterocycles. The molecule has 0 unspecified atom stereocenters. The van der Waals surface area contributed by atoms with Gasteiger partial charge in [-0.1, -0.05) is 49.4 Å². The predicted molar refractivity (Wildman–Crippen MR) is 102 cm³/mol. The van der Waals surface area contributed by atoms with Crippen LogP contribution in [0.3, 0.4) is 0 Å². The summed E-state index contributed by atoms with van der Waals surface area (Å²) in [4.78, 5) is 16.2. The van der Waals surface area contributed by atoms with Gasteiger partial charge in [-0.15, -0.1) is 11.3 Å². The van der Waals surface area contributed by atoms with Gasteiger partial charge < -0.3 is 5.32 Å². The van der Waals surface area contributed by atoms with Crippen LogP contribution in [0, 0.1) is 0 Å². The number of thiophene rings is 1. The Labute approximate surface area is 146 Å². The number of anilines is 1. The monoisotopic (exact) mass is 338 g/mol. The summed E-state index contributed by atoms with van der Waals surface area (Å²) in [5, 5.41) is 7.38. The number of benzene rings is 2. The molecule has 3 rings (SSSR count). The normalized spacial score (nSPS) is 12.5. The average Bonchev–Trinajstić information content (AvgIpc) is 3.12. The molecule has 1 atom stereocenters. The molecule has 1 N–H and O–H groups in total. The van der Waals surface area contributed by atoms with Crippen molar-refractivity contribution >= 4 is 33.7 Å². The highest BCUT2D eigenvalue weighted by atomic mass is 32.1. The fraction of sp³-hybridized carbons (Fsp3) is 0.250. The fourth-order valence-electron chi connectivity index (χ4n) is 2.86. The van der Waals surface area contributed by atoms with Gasteiger partial charge in [-0.05, 0) is 36.4 Å². The first-order valence-corrected chi connectivity index (χ1v) is 9.12. The maximum Gasteiger partial charge on any atom is 0.241 e. The molecule has 124 valence electrons. The van der Waals surface area contributed by atoms with E-state index >= 15 is 0 Å². The third kappa shape index (κ3) is 3.66. The van der Waals surface area contributed by atoms with E-state index in [1.807, 2.05) is 37.3 Å². The van der Waals surface area contributed by atoms with Crippen LogP contribution in [0.15, 0.2) is 60.0 Å². The second kappa shape index (κ2) is 7.60. The SMILES string of the molecule is CCN(Cc1cccs1)[C@@H](C)C(=O)Nc1cccc2ccccc12. The summed E-state index contributed by atoms with van der Waals surface area (Å²) >= 11 is 1.73. The van der Waals surface area contributed by atoms with E-state index in [-0.39, 0.29) is 11.9 Å². The predicted octanol–water partition coefficient (Wildman–Crippen LogP) is 4.75. The highest BCUT2D eigenvalue weighted by molar-refractivity contribution is 7.09. The Kier molecular flexibility index (Phi) is 5.28. The molecule has 0 fully saturated rings. The molecular weight excluding hydrogens is 316 g/mol. The molecule has 2 aromatic carbocycles. The van der Waals surface area contributed by atoms with Crippen molar-refractivity contribution in [3.63, 3.8) is 0 Å². The minimum Gasteiger partial charge on any atom is -0.324 e. The minimum absolute atomic E-state index is 0.0322. The Bertz CT molecular complexity index is 808. The average molecular weight is 338 g/mol. The lowest BCUT2D eigenvalue weighted by molar-refractivity contribution is -0.120. The number of nitrogens with one attached hydrogen (secondary N) is 1. The van der Waals surface area contributed by atoms with E-state index in [2.05, 4.69) is 46.8 Å². The zero-order chi connectivity index (χ0) is 16.9. The number of likely N-dealkylation sites (N-methyl/N-ethyl adjacent to an activating group) is 1. The van der Waals surface area contributed by atoms with Crippen LogP contribution >= 0.6 is 11.3 Å². The van der Waals surface area contributed by atoms with Crippen LogP contribution in [0.1, 0.15) is 18.7 Å². The van der Waals surface area contributed by atoms with Gasteiger partial charge in [0.25, 0.3) is 0 Å². The standard InChI is InChI=1S/C20H22N2OS/c1-3-22(14-17-10-7-13-24-17)15(2)20(23)21-19-12-6-9-16-8-4-5-11-18(16)19/h4-13,15H,3,14H2,1-2H3,(H,21,23)/t15-/m0/s1. The lowest BCUT2D eigenvalue weighted by Crippen LogP contribution is -2.41. The molecule has 24 heavy (non-hydrogen) atoms. The highest BCUT2D eigenvalue weighted by Crippen LogP contribution is 2.23. The molecule has 0 saturated carbocycles. The molecule has 1 amide bonds. The van der Waals surface area contributed by atoms with Gasteiger partial charge in [0.2, 0.25) is 5.91 Å². The Morgan fingerprint density at radius 1 is 1.12 bits per heavy atom. The van der Waals surface area contributed by atoms with E-state index in [1.54, 1.807) is 11.3 Å². The van der Waals surface area contributed by atoms with Crippen LogP contribution in [0.5, 0.6) is 0 Å². The summed E-state index contributed by atoms with van der Waals surface area (Å²) in [6.07, 6.45) is 0. The smallest absolute Gasteiger partial charge is 0.241 e. The summed E-state index contributed by atoms with van der Waals surface area (Å²) in [5.41, 5.74) is 0.872. The number of nitrogens with zero attached hydrogens (tertiary/aromatic N) is 1. The van der Waals surface area contributed by atoms with E-state index in [9.17, 15) is 4.79 Å². The fourth-order valence-corrected chi connectivity index (χ4v) is 3.59. The molecule has 3 nitrogen and oxygen atoms in total. The molecular formula is C20H22N2OS. The third-order valence-corrected chi connectivity index (χ3v) is 5.18. The highest BCUT2D eigenvalue weighted by Gasteiger charge is 2.21. The number of fused-ring (bicyclic) bond motifs is 1. The minimum atomic E-state index is -0.184. The molecule has 1 heterocycles. The van der Waals surface area contributed by atoms with Crippen LogP contribution in [-0.4, -0.2) is 23.4 Å². The lowest BCUT2D eigenvalue weighted by Gasteiger charge is -2.26. The number of hydrogen-bond acceptors (Lipinski definition) is 3. The Morgan fingerprint density at radius 2 is 1.92 bits per heavy atom. The van der Waals surface area contributed by atoms with Crippen molar-refractivity contribution in [2.75, 3.05) is 11.9 Å². The van der Waals surface area contributed by atoms with Crippen molar-refractivity contribution in [3.8, 4) is 0 Å². The topological polar surface area (TPSA) is 32.3 Å². The number of hydrogen-bond donors (Lipinski definition) is 1. The Morgan fingerprint density at radius 3 is 2.67 bits per heavy atom. The summed E-state index contributed by atoms with van der Waals surface area (Å²) in [6, 6.07) is 18.1. The summed E-state index contributed by atoms with van der Waals surface area (Å²) in [6.45, 7) is 5.70. The van der Waals surface area contributed by atoms with E-state index in [0.29, 0.717) is 0 Å². The number of amides is 1. The van der Waals surface area contributed by atoms with E-state index < -0.39 is 0 Å². The number of rotatable bonds is 6. The maximum absolute atomic E-state index is 12.7. The van der Waals surface area contributed by atoms with E-state index in [4.69, 9.17) is 0 Å². The summed E-state index contributed by atoms with van der Waals surface area (Å²) in [7, 11) is 0. The van der Waals surface area contributed by atoms with Crippen LogP contribution < -0.4 is 5.32 Å². The molecule has 0 spiro atoms. The Balaban J connectivity index is 1.75. The van der Waals surface area contributed by atoms with Crippen LogP contribution in [0.4, 0.5) is 5.69 Å². The van der Waals surface area contributed by atoms with Crippen molar-refractivity contribution in [3.05, 3.63) is 64.9 Å². The zero-order valence-corrected chi connectivity index (χ0v) is 14.8. The largest absolute Gasteiger partial charge is 0.324 e. The van der Waals surface area contributed by atoms with E-state index in [0.717, 1.165) is 29.5 Å². The van der Waals surface area contributed by atoms with Gasteiger partial charge in [0, 0.05) is 22.5 Å². The molecule has 0 saturated heterocycles. The van der Waals surface area contributed by atoms with Gasteiger partial charge >= 0.3 is 0 Å². The molecule has 0 bridgehead atoms. The second-order valence-electron chi connectivity index (χ2n) is 5.83. The van der Waals surface area contributed by atoms with Crippen LogP contribution in [0.2, 0.25) is 0 Å². The maximum atomic E-state index is 12.7. The van der Waals surface area contributed by atoms with Crippen molar-refractivity contribution in [1.82, 2.24) is 4.90 Å². The van der Waals surface area contributed by atoms with Gasteiger partial charge in [-0.3, -0.25) is 9.69 Å². The molecule has 0 aliphatic carbocycles. The van der Waals surface area contributed by atoms with Gasteiger partial charge in [-0.2, -0.15) is 0 Å². The molecule has 0 aliphatic rings. The number of carbonyl (C=O) groups is 1. The first kappa shape index (κ1) is 16.7. The second-order valence-corrected chi connectivity index (χ2v) is 6.87. The van der Waals surface area contributed by atoms with Crippen LogP contribution in [-0.2, 0) is 11.3 Å².